The van der Waals surface area contributed by atoms with Gasteiger partial charge in [-0.25, -0.2) is 0 Å². The van der Waals surface area contributed by atoms with Crippen LogP contribution >= 0.6 is 0 Å². The Balaban J connectivity index is 3.40. The molecule has 0 N–H and O–H groups in total. The van der Waals surface area contributed by atoms with E-state index >= 15 is 0 Å². The first-order valence-electron chi connectivity index (χ1n) is 8.91. The summed E-state index contributed by atoms with van der Waals surface area (Å²) < 4.78 is 10.4. The predicted molar refractivity (Wildman–Crippen MR) is 88.6 cm³/mol. The van der Waals surface area contributed by atoms with Crippen molar-refractivity contribution >= 4 is 11.9 Å². The van der Waals surface area contributed by atoms with Gasteiger partial charge in [-0.3, -0.25) is 9.59 Å². The zero-order chi connectivity index (χ0) is 16.6. The van der Waals surface area contributed by atoms with Crippen LogP contribution < -0.4 is 0 Å². The molecule has 0 aromatic carbocycles. The lowest BCUT2D eigenvalue weighted by molar-refractivity contribution is -0.145. The van der Waals surface area contributed by atoms with Crippen LogP contribution in [0.2, 0.25) is 0 Å². The van der Waals surface area contributed by atoms with E-state index in [4.69, 9.17) is 9.47 Å². The third-order valence-electron chi connectivity index (χ3n) is 3.58. The third-order valence-corrected chi connectivity index (χ3v) is 3.58. The Hall–Kier alpha value is -1.06. The molecular weight excluding hydrogens is 280 g/mol. The molecular formula is C18H34O4. The first kappa shape index (κ1) is 20.9. The minimum Gasteiger partial charge on any atom is -0.466 e. The summed E-state index contributed by atoms with van der Waals surface area (Å²) in [4.78, 5) is 23.0. The van der Waals surface area contributed by atoms with E-state index in [0.717, 1.165) is 51.4 Å². The fraction of sp³-hybridized carbons (Fsp3) is 0.889. The second-order valence-corrected chi connectivity index (χ2v) is 6.07. The van der Waals surface area contributed by atoms with E-state index in [0.29, 0.717) is 32.0 Å². The Morgan fingerprint density at radius 3 is 2.05 bits per heavy atom. The highest BCUT2D eigenvalue weighted by Gasteiger charge is 2.07. The zero-order valence-corrected chi connectivity index (χ0v) is 14.7. The molecule has 0 bridgehead atoms. The predicted octanol–water partition coefficient (Wildman–Crippen LogP) is 4.65. The Kier molecular flexibility index (Phi) is 14.1. The molecule has 0 fully saturated rings. The molecule has 0 heterocycles. The van der Waals surface area contributed by atoms with Crippen LogP contribution in [0.25, 0.3) is 0 Å². The topological polar surface area (TPSA) is 52.6 Å². The Morgan fingerprint density at radius 2 is 1.45 bits per heavy atom. The zero-order valence-electron chi connectivity index (χ0n) is 14.7. The summed E-state index contributed by atoms with van der Waals surface area (Å²) in [5.41, 5.74) is 0. The summed E-state index contributed by atoms with van der Waals surface area (Å²) in [6.45, 7) is 7.42. The number of ether oxygens (including phenoxy) is 2. The number of carbonyl (C=O) groups is 2. The lowest BCUT2D eigenvalue weighted by Gasteiger charge is -2.10. The Labute approximate surface area is 135 Å². The van der Waals surface area contributed by atoms with Crippen LogP contribution in [0.3, 0.4) is 0 Å². The van der Waals surface area contributed by atoms with E-state index in [-0.39, 0.29) is 11.9 Å². The normalized spacial score (nSPS) is 12.0. The van der Waals surface area contributed by atoms with Crippen molar-refractivity contribution in [2.75, 3.05) is 13.2 Å². The number of unbranched alkanes of at least 4 members (excludes halogenated alkanes) is 4. The molecule has 0 aromatic rings. The summed E-state index contributed by atoms with van der Waals surface area (Å²) in [5.74, 6) is 0.202. The van der Waals surface area contributed by atoms with E-state index in [9.17, 15) is 9.59 Å². The van der Waals surface area contributed by atoms with Gasteiger partial charge in [0.2, 0.25) is 0 Å². The van der Waals surface area contributed by atoms with Crippen LogP contribution in [0.4, 0.5) is 0 Å². The fourth-order valence-electron chi connectivity index (χ4n) is 2.21. The maximum absolute atomic E-state index is 11.5. The molecule has 0 saturated heterocycles. The van der Waals surface area contributed by atoms with Gasteiger partial charge in [-0.15, -0.1) is 0 Å². The van der Waals surface area contributed by atoms with E-state index in [1.54, 1.807) is 0 Å². The van der Waals surface area contributed by atoms with Crippen LogP contribution in [-0.4, -0.2) is 25.2 Å². The van der Waals surface area contributed by atoms with Crippen molar-refractivity contribution in [2.45, 2.75) is 85.0 Å². The van der Waals surface area contributed by atoms with E-state index in [1.807, 2.05) is 0 Å². The lowest BCUT2D eigenvalue weighted by Crippen LogP contribution is -2.11. The molecule has 0 rings (SSSR count). The van der Waals surface area contributed by atoms with Gasteiger partial charge >= 0.3 is 11.9 Å². The van der Waals surface area contributed by atoms with Gasteiger partial charge in [0.25, 0.3) is 0 Å². The number of rotatable bonds is 14. The molecule has 0 aliphatic rings. The molecule has 0 aromatic heterocycles. The number of esters is 2. The first-order valence-corrected chi connectivity index (χ1v) is 8.91. The van der Waals surface area contributed by atoms with Crippen molar-refractivity contribution in [3.63, 3.8) is 0 Å². The van der Waals surface area contributed by atoms with Gasteiger partial charge in [0.15, 0.2) is 0 Å². The van der Waals surface area contributed by atoms with E-state index < -0.39 is 0 Å². The van der Waals surface area contributed by atoms with Crippen molar-refractivity contribution < 1.29 is 19.1 Å². The minimum atomic E-state index is -0.120. The largest absolute Gasteiger partial charge is 0.466 e. The maximum Gasteiger partial charge on any atom is 0.305 e. The summed E-state index contributed by atoms with van der Waals surface area (Å²) in [6.07, 6.45) is 8.72. The molecule has 130 valence electrons. The van der Waals surface area contributed by atoms with Crippen LogP contribution in [0, 0.1) is 5.92 Å². The first-order chi connectivity index (χ1) is 10.6. The highest BCUT2D eigenvalue weighted by molar-refractivity contribution is 5.69. The SMILES string of the molecule is CCCCCOC(=O)CCCCCC(=O)OCC(C)CCC. The van der Waals surface area contributed by atoms with Crippen LogP contribution in [0.5, 0.6) is 0 Å². The smallest absolute Gasteiger partial charge is 0.305 e. The molecule has 4 nitrogen and oxygen atoms in total. The Bertz CT molecular complexity index is 289. The highest BCUT2D eigenvalue weighted by atomic mass is 16.5. The molecule has 1 unspecified atom stereocenters. The quantitative estimate of drug-likeness (QED) is 0.346. The van der Waals surface area contributed by atoms with E-state index in [2.05, 4.69) is 20.8 Å². The van der Waals surface area contributed by atoms with Crippen molar-refractivity contribution in [1.82, 2.24) is 0 Å². The maximum atomic E-state index is 11.5. The standard InChI is InChI=1S/C18H34O4/c1-4-6-10-14-21-17(19)12-8-7-9-13-18(20)22-15-16(3)11-5-2/h16H,4-15H2,1-3H3. The lowest BCUT2D eigenvalue weighted by atomic mass is 10.1. The molecule has 0 spiro atoms. The van der Waals surface area contributed by atoms with Gasteiger partial charge in [0.1, 0.15) is 0 Å². The van der Waals surface area contributed by atoms with Crippen molar-refractivity contribution in [3.8, 4) is 0 Å². The van der Waals surface area contributed by atoms with Gasteiger partial charge in [-0.1, -0.05) is 46.5 Å². The molecule has 0 radical (unpaired) electrons. The molecule has 0 aliphatic carbocycles. The summed E-state index contributed by atoms with van der Waals surface area (Å²) in [6, 6.07) is 0. The van der Waals surface area contributed by atoms with Crippen LogP contribution in [0.15, 0.2) is 0 Å². The summed E-state index contributed by atoms with van der Waals surface area (Å²) >= 11 is 0. The second kappa shape index (κ2) is 14.9. The average molecular weight is 314 g/mol. The summed E-state index contributed by atoms with van der Waals surface area (Å²) in [5, 5.41) is 0. The number of carbonyl (C=O) groups excluding carboxylic acids is 2. The Morgan fingerprint density at radius 1 is 0.818 bits per heavy atom. The van der Waals surface area contributed by atoms with Crippen molar-refractivity contribution in [3.05, 3.63) is 0 Å². The molecule has 4 heteroatoms. The summed E-state index contributed by atoms with van der Waals surface area (Å²) in [7, 11) is 0. The molecule has 0 aliphatic heterocycles. The highest BCUT2D eigenvalue weighted by Crippen LogP contribution is 2.08. The van der Waals surface area contributed by atoms with Gasteiger partial charge in [0, 0.05) is 12.8 Å². The third kappa shape index (κ3) is 13.9. The second-order valence-electron chi connectivity index (χ2n) is 6.07. The van der Waals surface area contributed by atoms with Crippen LogP contribution in [0.1, 0.15) is 85.0 Å². The van der Waals surface area contributed by atoms with Crippen molar-refractivity contribution in [1.29, 1.82) is 0 Å². The van der Waals surface area contributed by atoms with Crippen LogP contribution in [-0.2, 0) is 19.1 Å². The van der Waals surface area contributed by atoms with Gasteiger partial charge in [0.05, 0.1) is 13.2 Å². The monoisotopic (exact) mass is 314 g/mol. The fourth-order valence-corrected chi connectivity index (χ4v) is 2.21. The molecule has 22 heavy (non-hydrogen) atoms. The number of hydrogen-bond acceptors (Lipinski definition) is 4. The van der Waals surface area contributed by atoms with Gasteiger partial charge in [-0.2, -0.15) is 0 Å². The average Bonchev–Trinajstić information content (AvgIpc) is 2.49. The van der Waals surface area contributed by atoms with Gasteiger partial charge in [-0.05, 0) is 31.6 Å². The molecule has 0 amide bonds. The minimum absolute atomic E-state index is 0.118. The number of hydrogen-bond donors (Lipinski definition) is 0. The van der Waals surface area contributed by atoms with E-state index in [1.165, 1.54) is 0 Å². The molecule has 0 saturated carbocycles. The van der Waals surface area contributed by atoms with Gasteiger partial charge < -0.3 is 9.47 Å². The molecule has 1 atom stereocenters. The van der Waals surface area contributed by atoms with Crippen molar-refractivity contribution in [2.24, 2.45) is 5.92 Å².